The van der Waals surface area contributed by atoms with Gasteiger partial charge in [0.25, 0.3) is 5.91 Å². The Kier molecular flexibility index (Phi) is 8.85. The zero-order valence-electron chi connectivity index (χ0n) is 21.7. The van der Waals surface area contributed by atoms with Crippen LogP contribution in [0.1, 0.15) is 58.5 Å². The summed E-state index contributed by atoms with van der Waals surface area (Å²) >= 11 is 1.49. The molecular weight excluding hydrogens is 481 g/mol. The van der Waals surface area contributed by atoms with Crippen LogP contribution in [0.25, 0.3) is 0 Å². The van der Waals surface area contributed by atoms with Crippen LogP contribution in [-0.4, -0.2) is 22.3 Å². The van der Waals surface area contributed by atoms with E-state index in [9.17, 15) is 9.18 Å². The molecule has 4 aromatic rings. The van der Waals surface area contributed by atoms with Crippen LogP contribution in [0.4, 0.5) is 4.39 Å². The van der Waals surface area contributed by atoms with Gasteiger partial charge >= 0.3 is 0 Å². The Morgan fingerprint density at radius 1 is 0.865 bits per heavy atom. The second-order valence-corrected chi connectivity index (χ2v) is 11.3. The van der Waals surface area contributed by atoms with Crippen molar-refractivity contribution in [2.45, 2.75) is 52.2 Å². The smallest absolute Gasteiger partial charge is 0.270 e. The van der Waals surface area contributed by atoms with Gasteiger partial charge in [-0.15, -0.1) is 11.3 Å². The van der Waals surface area contributed by atoms with E-state index in [1.807, 2.05) is 35.7 Å². The third kappa shape index (κ3) is 8.07. The first-order valence-corrected chi connectivity index (χ1v) is 13.5. The summed E-state index contributed by atoms with van der Waals surface area (Å²) in [7, 11) is 0. The molecule has 192 valence electrons. The summed E-state index contributed by atoms with van der Waals surface area (Å²) < 4.78 is 13.5. The first kappa shape index (κ1) is 26.7. The minimum Gasteiger partial charge on any atom is -0.350 e. The van der Waals surface area contributed by atoms with Crippen molar-refractivity contribution in [2.75, 3.05) is 6.54 Å². The molecule has 0 radical (unpaired) electrons. The second-order valence-electron chi connectivity index (χ2n) is 10.3. The molecule has 0 bridgehead atoms. The molecule has 0 saturated heterocycles. The molecule has 0 saturated carbocycles. The van der Waals surface area contributed by atoms with Crippen LogP contribution >= 0.6 is 11.3 Å². The van der Waals surface area contributed by atoms with Gasteiger partial charge in [-0.25, -0.2) is 9.37 Å². The predicted molar refractivity (Wildman–Crippen MR) is 149 cm³/mol. The van der Waals surface area contributed by atoms with Gasteiger partial charge in [0.2, 0.25) is 0 Å². The maximum atomic E-state index is 13.5. The number of halogens is 1. The van der Waals surface area contributed by atoms with Gasteiger partial charge in [0.15, 0.2) is 0 Å². The van der Waals surface area contributed by atoms with E-state index in [1.165, 1.54) is 40.2 Å². The topological polar surface area (TPSA) is 45.2 Å². The third-order valence-electron chi connectivity index (χ3n) is 6.23. The van der Waals surface area contributed by atoms with E-state index in [2.05, 4.69) is 72.4 Å². The summed E-state index contributed by atoms with van der Waals surface area (Å²) in [6.45, 7) is 9.17. The van der Waals surface area contributed by atoms with Crippen LogP contribution < -0.4 is 5.32 Å². The molecule has 0 aliphatic heterocycles. The Hall–Kier alpha value is -3.35. The van der Waals surface area contributed by atoms with E-state index in [0.29, 0.717) is 25.3 Å². The van der Waals surface area contributed by atoms with Crippen LogP contribution in [0.2, 0.25) is 0 Å². The molecule has 1 aromatic heterocycles. The van der Waals surface area contributed by atoms with Gasteiger partial charge in [-0.1, -0.05) is 87.5 Å². The number of hydrogen-bond donors (Lipinski definition) is 1. The molecule has 0 aliphatic rings. The number of rotatable bonds is 10. The van der Waals surface area contributed by atoms with Gasteiger partial charge in [0.1, 0.15) is 16.5 Å². The Labute approximate surface area is 223 Å². The fourth-order valence-electron chi connectivity index (χ4n) is 4.12. The van der Waals surface area contributed by atoms with Gasteiger partial charge in [-0.2, -0.15) is 0 Å². The van der Waals surface area contributed by atoms with E-state index < -0.39 is 0 Å². The van der Waals surface area contributed by atoms with E-state index in [4.69, 9.17) is 0 Å². The number of nitrogens with one attached hydrogen (secondary N) is 1. The number of amides is 1. The lowest BCUT2D eigenvalue weighted by Gasteiger charge is -2.23. The molecule has 1 N–H and O–H groups in total. The quantitative estimate of drug-likeness (QED) is 0.254. The molecule has 4 rings (SSSR count). The number of nitrogens with zero attached hydrogens (tertiary/aromatic N) is 2. The van der Waals surface area contributed by atoms with Crippen molar-refractivity contribution >= 4 is 17.2 Å². The molecule has 0 unspecified atom stereocenters. The van der Waals surface area contributed by atoms with Crippen molar-refractivity contribution in [2.24, 2.45) is 0 Å². The van der Waals surface area contributed by atoms with Crippen LogP contribution in [0.15, 0.2) is 84.2 Å². The Bertz CT molecular complexity index is 1280. The highest BCUT2D eigenvalue weighted by Gasteiger charge is 2.16. The van der Waals surface area contributed by atoms with E-state index in [-0.39, 0.29) is 17.1 Å². The van der Waals surface area contributed by atoms with Crippen LogP contribution in [0, 0.1) is 5.82 Å². The molecule has 6 heteroatoms. The molecule has 0 spiro atoms. The fourth-order valence-corrected chi connectivity index (χ4v) is 4.93. The summed E-state index contributed by atoms with van der Waals surface area (Å²) in [5.41, 5.74) is 5.27. The first-order chi connectivity index (χ1) is 17.8. The molecule has 37 heavy (non-hydrogen) atoms. The fraction of sp³-hybridized carbons (Fsp3) is 0.290. The van der Waals surface area contributed by atoms with Crippen LogP contribution in [0.5, 0.6) is 0 Å². The average Bonchev–Trinajstić information content (AvgIpc) is 3.34. The van der Waals surface area contributed by atoms with Crippen molar-refractivity contribution in [1.29, 1.82) is 0 Å². The molecule has 0 aliphatic carbocycles. The number of thiazole rings is 1. The van der Waals surface area contributed by atoms with Gasteiger partial charge in [-0.05, 0) is 46.2 Å². The van der Waals surface area contributed by atoms with E-state index in [1.54, 1.807) is 0 Å². The standard InChI is InChI=1S/C31H34FN3OS/c1-31(2,3)26-13-9-24(10-14-26)19-35(20-25-11-15-27(32)16-12-25)21-29-34-28(22-37-29)30(36)33-18-17-23-7-5-4-6-8-23/h4-16,22H,17-21H2,1-3H3,(H,33,36). The number of aromatic nitrogens is 1. The normalized spacial score (nSPS) is 11.6. The zero-order chi connectivity index (χ0) is 26.3. The Morgan fingerprint density at radius 3 is 2.11 bits per heavy atom. The van der Waals surface area contributed by atoms with Gasteiger partial charge < -0.3 is 5.32 Å². The highest BCUT2D eigenvalue weighted by molar-refractivity contribution is 7.09. The van der Waals surface area contributed by atoms with Crippen LogP contribution in [0.3, 0.4) is 0 Å². The zero-order valence-corrected chi connectivity index (χ0v) is 22.5. The maximum absolute atomic E-state index is 13.5. The number of hydrogen-bond acceptors (Lipinski definition) is 4. The molecule has 0 atom stereocenters. The van der Waals surface area contributed by atoms with E-state index in [0.717, 1.165) is 23.5 Å². The highest BCUT2D eigenvalue weighted by atomic mass is 32.1. The second kappa shape index (κ2) is 12.3. The van der Waals surface area contributed by atoms with E-state index >= 15 is 0 Å². The Balaban J connectivity index is 1.41. The first-order valence-electron chi connectivity index (χ1n) is 12.6. The number of benzene rings is 3. The molecule has 3 aromatic carbocycles. The van der Waals surface area contributed by atoms with Crippen molar-refractivity contribution in [1.82, 2.24) is 15.2 Å². The summed E-state index contributed by atoms with van der Waals surface area (Å²) in [5.74, 6) is -0.391. The van der Waals surface area contributed by atoms with Crippen molar-refractivity contribution in [3.05, 3.63) is 123 Å². The van der Waals surface area contributed by atoms with Crippen molar-refractivity contribution in [3.63, 3.8) is 0 Å². The largest absolute Gasteiger partial charge is 0.350 e. The minimum atomic E-state index is -0.240. The SMILES string of the molecule is CC(C)(C)c1ccc(CN(Cc2ccc(F)cc2)Cc2nc(C(=O)NCCc3ccccc3)cs2)cc1. The predicted octanol–water partition coefficient (Wildman–Crippen LogP) is 6.75. The highest BCUT2D eigenvalue weighted by Crippen LogP contribution is 2.23. The molecule has 0 fully saturated rings. The maximum Gasteiger partial charge on any atom is 0.270 e. The molecule has 1 heterocycles. The molecule has 1 amide bonds. The monoisotopic (exact) mass is 515 g/mol. The molecular formula is C31H34FN3OS. The van der Waals surface area contributed by atoms with Crippen LogP contribution in [-0.2, 0) is 31.5 Å². The summed E-state index contributed by atoms with van der Waals surface area (Å²) in [6.07, 6.45) is 0.781. The summed E-state index contributed by atoms with van der Waals surface area (Å²) in [4.78, 5) is 19.5. The Morgan fingerprint density at radius 2 is 1.49 bits per heavy atom. The summed E-state index contributed by atoms with van der Waals surface area (Å²) in [6, 6.07) is 25.4. The van der Waals surface area contributed by atoms with Gasteiger partial charge in [0, 0.05) is 25.0 Å². The summed E-state index contributed by atoms with van der Waals surface area (Å²) in [5, 5.41) is 5.67. The lowest BCUT2D eigenvalue weighted by atomic mass is 9.87. The van der Waals surface area contributed by atoms with Crippen molar-refractivity contribution < 1.29 is 9.18 Å². The average molecular weight is 516 g/mol. The minimum absolute atomic E-state index is 0.102. The van der Waals surface area contributed by atoms with Crippen molar-refractivity contribution in [3.8, 4) is 0 Å². The third-order valence-corrected chi connectivity index (χ3v) is 7.06. The lowest BCUT2D eigenvalue weighted by molar-refractivity contribution is 0.0949. The lowest BCUT2D eigenvalue weighted by Crippen LogP contribution is -2.26. The van der Waals surface area contributed by atoms with Gasteiger partial charge in [0.05, 0.1) is 6.54 Å². The number of carbonyl (C=O) groups excluding carboxylic acids is 1. The number of carbonyl (C=O) groups is 1. The molecule has 4 nitrogen and oxygen atoms in total. The van der Waals surface area contributed by atoms with Gasteiger partial charge in [-0.3, -0.25) is 9.69 Å².